The molecule has 1 heterocycles. The first-order valence-electron chi connectivity index (χ1n) is 3.95. The van der Waals surface area contributed by atoms with Crippen LogP contribution in [0.4, 0.5) is 0 Å². The van der Waals surface area contributed by atoms with E-state index in [9.17, 15) is 8.42 Å². The number of sulfone groups is 1. The predicted octanol–water partition coefficient (Wildman–Crippen LogP) is 0.999. The zero-order valence-corrected chi connectivity index (χ0v) is 9.92. The third kappa shape index (κ3) is 2.76. The van der Waals surface area contributed by atoms with Crippen molar-refractivity contribution in [2.45, 2.75) is 18.1 Å². The zero-order valence-electron chi connectivity index (χ0n) is 7.51. The normalized spacial score (nSPS) is 13.9. The molecule has 0 fully saturated rings. The maximum Gasteiger partial charge on any atom is 0.199 e. The van der Waals surface area contributed by atoms with E-state index in [1.54, 1.807) is 12.1 Å². The lowest BCUT2D eigenvalue weighted by Crippen LogP contribution is -2.19. The minimum Gasteiger partial charge on any atom is -0.392 e. The first-order chi connectivity index (χ1) is 6.43. The van der Waals surface area contributed by atoms with E-state index >= 15 is 0 Å². The number of hydrogen-bond donors (Lipinski definition) is 1. The molecule has 1 aromatic rings. The second-order valence-electron chi connectivity index (χ2n) is 2.92. The third-order valence-electron chi connectivity index (χ3n) is 1.48. The highest BCUT2D eigenvalue weighted by Crippen LogP contribution is 2.20. The molecule has 0 aromatic carbocycles. The Morgan fingerprint density at radius 3 is 2.79 bits per heavy atom. The molecule has 14 heavy (non-hydrogen) atoms. The largest absolute Gasteiger partial charge is 0.392 e. The lowest BCUT2D eigenvalue weighted by Gasteiger charge is -2.06. The first-order valence-corrected chi connectivity index (χ1v) is 6.39. The molecule has 1 N–H and O–H groups in total. The number of rotatable bonds is 3. The van der Waals surface area contributed by atoms with E-state index in [1.807, 2.05) is 0 Å². The quantitative estimate of drug-likeness (QED) is 0.897. The van der Waals surface area contributed by atoms with E-state index in [0.29, 0.717) is 4.47 Å². The highest BCUT2D eigenvalue weighted by molar-refractivity contribution is 9.10. The summed E-state index contributed by atoms with van der Waals surface area (Å²) < 4.78 is 23.6. The average Bonchev–Trinajstić information content (AvgIpc) is 2.02. The summed E-state index contributed by atoms with van der Waals surface area (Å²) in [5.74, 6) is -0.317. The van der Waals surface area contributed by atoms with Gasteiger partial charge in [0.15, 0.2) is 14.9 Å². The molecule has 0 spiro atoms. The summed E-state index contributed by atoms with van der Waals surface area (Å²) in [5, 5.41) is 8.99. The Labute approximate surface area is 91.0 Å². The van der Waals surface area contributed by atoms with Crippen molar-refractivity contribution >= 4 is 25.8 Å². The molecule has 0 amide bonds. The standard InChI is InChI=1S/C8H10BrNO3S/c1-6(11)5-14(12,13)8-7(9)3-2-4-10-8/h2-4,6,11H,5H2,1H3/t6-/m1/s1. The van der Waals surface area contributed by atoms with Gasteiger partial charge in [-0.05, 0) is 35.0 Å². The van der Waals surface area contributed by atoms with Crippen LogP contribution in [-0.4, -0.2) is 30.4 Å². The fourth-order valence-electron chi connectivity index (χ4n) is 0.997. The van der Waals surface area contributed by atoms with Crippen LogP contribution >= 0.6 is 15.9 Å². The monoisotopic (exact) mass is 279 g/mol. The van der Waals surface area contributed by atoms with Crippen LogP contribution in [0, 0.1) is 0 Å². The number of halogens is 1. The molecule has 0 bridgehead atoms. The van der Waals surface area contributed by atoms with Gasteiger partial charge in [-0.25, -0.2) is 13.4 Å². The molecule has 0 saturated heterocycles. The number of pyridine rings is 1. The molecule has 0 unspecified atom stereocenters. The van der Waals surface area contributed by atoms with Crippen molar-refractivity contribution in [1.82, 2.24) is 4.98 Å². The van der Waals surface area contributed by atoms with E-state index in [4.69, 9.17) is 5.11 Å². The average molecular weight is 280 g/mol. The van der Waals surface area contributed by atoms with Gasteiger partial charge >= 0.3 is 0 Å². The van der Waals surface area contributed by atoms with Crippen molar-refractivity contribution in [3.05, 3.63) is 22.8 Å². The van der Waals surface area contributed by atoms with Crippen molar-refractivity contribution < 1.29 is 13.5 Å². The maximum atomic E-state index is 11.6. The lowest BCUT2D eigenvalue weighted by atomic mass is 10.5. The molecule has 1 aromatic heterocycles. The van der Waals surface area contributed by atoms with Crippen molar-refractivity contribution in [3.63, 3.8) is 0 Å². The van der Waals surface area contributed by atoms with Crippen LogP contribution in [0.2, 0.25) is 0 Å². The molecular weight excluding hydrogens is 270 g/mol. The van der Waals surface area contributed by atoms with Crippen LogP contribution in [0.3, 0.4) is 0 Å². The smallest absolute Gasteiger partial charge is 0.199 e. The molecule has 4 nitrogen and oxygen atoms in total. The van der Waals surface area contributed by atoms with Crippen molar-refractivity contribution in [2.75, 3.05) is 5.75 Å². The highest BCUT2D eigenvalue weighted by atomic mass is 79.9. The van der Waals surface area contributed by atoms with Crippen molar-refractivity contribution in [1.29, 1.82) is 0 Å². The predicted molar refractivity (Wildman–Crippen MR) is 55.7 cm³/mol. The van der Waals surface area contributed by atoms with Crippen LogP contribution in [0.5, 0.6) is 0 Å². The minimum absolute atomic E-state index is 0.0269. The number of aromatic nitrogens is 1. The Balaban J connectivity index is 3.11. The fourth-order valence-corrected chi connectivity index (χ4v) is 3.37. The van der Waals surface area contributed by atoms with Gasteiger partial charge in [-0.2, -0.15) is 0 Å². The van der Waals surface area contributed by atoms with Crippen molar-refractivity contribution in [2.24, 2.45) is 0 Å². The van der Waals surface area contributed by atoms with Gasteiger partial charge in [0.2, 0.25) is 0 Å². The van der Waals surface area contributed by atoms with Gasteiger partial charge in [-0.3, -0.25) is 0 Å². The van der Waals surface area contributed by atoms with E-state index in [1.165, 1.54) is 13.1 Å². The fraction of sp³-hybridized carbons (Fsp3) is 0.375. The van der Waals surface area contributed by atoms with E-state index < -0.39 is 15.9 Å². The second-order valence-corrected chi connectivity index (χ2v) is 5.72. The topological polar surface area (TPSA) is 67.3 Å². The Bertz CT molecular complexity index is 416. The van der Waals surface area contributed by atoms with E-state index in [-0.39, 0.29) is 10.8 Å². The maximum absolute atomic E-state index is 11.6. The van der Waals surface area contributed by atoms with Gasteiger partial charge < -0.3 is 5.11 Å². The highest BCUT2D eigenvalue weighted by Gasteiger charge is 2.21. The summed E-state index contributed by atoms with van der Waals surface area (Å²) in [6, 6.07) is 3.23. The van der Waals surface area contributed by atoms with Crippen LogP contribution in [0.1, 0.15) is 6.92 Å². The summed E-state index contributed by atoms with van der Waals surface area (Å²) >= 11 is 3.10. The summed E-state index contributed by atoms with van der Waals surface area (Å²) in [4.78, 5) is 3.76. The summed E-state index contributed by atoms with van der Waals surface area (Å²) in [6.07, 6.45) is 0.508. The van der Waals surface area contributed by atoms with Gasteiger partial charge in [0.25, 0.3) is 0 Å². The molecular formula is C8H10BrNO3S. The molecule has 0 aliphatic rings. The van der Waals surface area contributed by atoms with Crippen LogP contribution in [0.25, 0.3) is 0 Å². The molecule has 78 valence electrons. The molecule has 0 aliphatic heterocycles. The van der Waals surface area contributed by atoms with Gasteiger partial charge in [0.05, 0.1) is 16.3 Å². The summed E-state index contributed by atoms with van der Waals surface area (Å²) in [5.41, 5.74) is 0. The number of aliphatic hydroxyl groups excluding tert-OH is 1. The van der Waals surface area contributed by atoms with Crippen LogP contribution in [0.15, 0.2) is 27.8 Å². The van der Waals surface area contributed by atoms with Crippen LogP contribution < -0.4 is 0 Å². The number of aliphatic hydroxyl groups is 1. The van der Waals surface area contributed by atoms with E-state index in [0.717, 1.165) is 0 Å². The number of hydrogen-bond acceptors (Lipinski definition) is 4. The van der Waals surface area contributed by atoms with Crippen LogP contribution in [-0.2, 0) is 9.84 Å². The molecule has 0 aliphatic carbocycles. The summed E-state index contributed by atoms with van der Waals surface area (Å²) in [7, 11) is -3.50. The lowest BCUT2D eigenvalue weighted by molar-refractivity contribution is 0.218. The zero-order chi connectivity index (χ0) is 10.8. The molecule has 1 atom stereocenters. The van der Waals surface area contributed by atoms with E-state index in [2.05, 4.69) is 20.9 Å². The van der Waals surface area contributed by atoms with Gasteiger partial charge in [-0.15, -0.1) is 0 Å². The van der Waals surface area contributed by atoms with Gasteiger partial charge in [0, 0.05) is 6.20 Å². The molecule has 6 heteroatoms. The summed E-state index contributed by atoms with van der Waals surface area (Å²) in [6.45, 7) is 1.42. The Morgan fingerprint density at radius 1 is 1.64 bits per heavy atom. The Kier molecular flexibility index (Phi) is 3.63. The Hall–Kier alpha value is -0.460. The van der Waals surface area contributed by atoms with Gasteiger partial charge in [-0.1, -0.05) is 0 Å². The minimum atomic E-state index is -3.50. The third-order valence-corrected chi connectivity index (χ3v) is 4.22. The van der Waals surface area contributed by atoms with Crippen molar-refractivity contribution in [3.8, 4) is 0 Å². The second kappa shape index (κ2) is 4.37. The SMILES string of the molecule is C[C@@H](O)CS(=O)(=O)c1ncccc1Br. The number of nitrogens with zero attached hydrogens (tertiary/aromatic N) is 1. The molecule has 0 saturated carbocycles. The van der Waals surface area contributed by atoms with Gasteiger partial charge in [0.1, 0.15) is 0 Å². The Morgan fingerprint density at radius 2 is 2.29 bits per heavy atom. The molecule has 1 rings (SSSR count). The first kappa shape index (κ1) is 11.6. The molecule has 0 radical (unpaired) electrons.